The molecule has 12 heavy (non-hydrogen) atoms. The van der Waals surface area contributed by atoms with Crippen LogP contribution in [0.5, 0.6) is 0 Å². The Balaban J connectivity index is 3.27. The van der Waals surface area contributed by atoms with Gasteiger partial charge in [-0.1, -0.05) is 0 Å². The lowest BCUT2D eigenvalue weighted by Crippen LogP contribution is -2.02. The van der Waals surface area contributed by atoms with E-state index in [1.54, 1.807) is 22.6 Å². The highest BCUT2D eigenvalue weighted by atomic mass is 127. The second-order valence-corrected chi connectivity index (χ2v) is 3.11. The predicted octanol–water partition coefficient (Wildman–Crippen LogP) is 2.35. The molecule has 1 rings (SSSR count). The van der Waals surface area contributed by atoms with E-state index in [-0.39, 0.29) is 14.8 Å². The number of pyridine rings is 1. The van der Waals surface area contributed by atoms with Crippen molar-refractivity contribution in [3.05, 3.63) is 21.3 Å². The van der Waals surface area contributed by atoms with Gasteiger partial charge in [-0.05, 0) is 22.6 Å². The molecule has 1 heterocycles. The topological polar surface area (TPSA) is 38.9 Å². The average molecular weight is 288 g/mol. The Bertz CT molecular complexity index is 303. The van der Waals surface area contributed by atoms with E-state index in [0.29, 0.717) is 0 Å². The van der Waals surface area contributed by atoms with Crippen LogP contribution in [0.3, 0.4) is 0 Å². The highest BCUT2D eigenvalue weighted by molar-refractivity contribution is 14.1. The Morgan fingerprint density at radius 2 is 2.08 bits per heavy atom. The van der Waals surface area contributed by atoms with Crippen molar-refractivity contribution in [2.45, 2.75) is 6.43 Å². The molecule has 1 aromatic rings. The molecule has 0 aromatic carbocycles. The van der Waals surface area contributed by atoms with Gasteiger partial charge in [0.2, 0.25) is 5.95 Å². The Kier molecular flexibility index (Phi) is 2.76. The lowest BCUT2D eigenvalue weighted by atomic mass is 10.3. The van der Waals surface area contributed by atoms with Gasteiger partial charge in [-0.3, -0.25) is 0 Å². The number of halogens is 4. The van der Waals surface area contributed by atoms with Crippen molar-refractivity contribution in [2.75, 3.05) is 5.73 Å². The molecular weight excluding hydrogens is 284 g/mol. The first-order valence-corrected chi connectivity index (χ1v) is 3.99. The number of rotatable bonds is 1. The van der Waals surface area contributed by atoms with Gasteiger partial charge < -0.3 is 5.73 Å². The van der Waals surface area contributed by atoms with Crippen molar-refractivity contribution in [1.82, 2.24) is 4.98 Å². The fraction of sp³-hybridized carbons (Fsp3) is 0.167. The summed E-state index contributed by atoms with van der Waals surface area (Å²) in [4.78, 5) is 3.08. The third-order valence-corrected chi connectivity index (χ3v) is 2.47. The van der Waals surface area contributed by atoms with Gasteiger partial charge >= 0.3 is 0 Å². The van der Waals surface area contributed by atoms with E-state index in [1.165, 1.54) is 0 Å². The van der Waals surface area contributed by atoms with Crippen molar-refractivity contribution in [2.24, 2.45) is 0 Å². The molecule has 2 N–H and O–H groups in total. The molecule has 0 unspecified atom stereocenters. The SMILES string of the molecule is Nc1c(F)ncc(C(F)F)c1I. The van der Waals surface area contributed by atoms with E-state index >= 15 is 0 Å². The van der Waals surface area contributed by atoms with Gasteiger partial charge in [-0.2, -0.15) is 4.39 Å². The van der Waals surface area contributed by atoms with Crippen LogP contribution in [0.2, 0.25) is 0 Å². The van der Waals surface area contributed by atoms with Gasteiger partial charge in [0.25, 0.3) is 6.43 Å². The molecule has 0 spiro atoms. The van der Waals surface area contributed by atoms with Gasteiger partial charge in [0, 0.05) is 6.20 Å². The minimum Gasteiger partial charge on any atom is -0.394 e. The van der Waals surface area contributed by atoms with Crippen LogP contribution in [-0.4, -0.2) is 4.98 Å². The lowest BCUT2D eigenvalue weighted by Gasteiger charge is -2.04. The van der Waals surface area contributed by atoms with E-state index in [4.69, 9.17) is 5.73 Å². The van der Waals surface area contributed by atoms with Crippen LogP contribution in [0.25, 0.3) is 0 Å². The average Bonchev–Trinajstić information content (AvgIpc) is 2.00. The molecule has 0 aliphatic heterocycles. The molecule has 66 valence electrons. The van der Waals surface area contributed by atoms with Gasteiger partial charge in [0.15, 0.2) is 0 Å². The first-order chi connectivity index (χ1) is 5.54. The van der Waals surface area contributed by atoms with E-state index in [0.717, 1.165) is 6.20 Å². The maximum Gasteiger partial charge on any atom is 0.266 e. The second-order valence-electron chi connectivity index (χ2n) is 2.03. The summed E-state index contributed by atoms with van der Waals surface area (Å²) in [5, 5.41) is 0. The molecule has 2 nitrogen and oxygen atoms in total. The van der Waals surface area contributed by atoms with Crippen LogP contribution >= 0.6 is 22.6 Å². The van der Waals surface area contributed by atoms with Crippen molar-refractivity contribution >= 4 is 28.3 Å². The van der Waals surface area contributed by atoms with Crippen LogP contribution in [0.4, 0.5) is 18.9 Å². The molecule has 0 amide bonds. The summed E-state index contributed by atoms with van der Waals surface area (Å²) >= 11 is 1.56. The first kappa shape index (κ1) is 9.56. The van der Waals surface area contributed by atoms with Gasteiger partial charge in [0.05, 0.1) is 9.13 Å². The number of alkyl halides is 2. The summed E-state index contributed by atoms with van der Waals surface area (Å²) in [6.45, 7) is 0. The number of anilines is 1. The zero-order chi connectivity index (χ0) is 9.30. The monoisotopic (exact) mass is 288 g/mol. The molecule has 0 aliphatic carbocycles. The predicted molar refractivity (Wildman–Crippen MR) is 46.3 cm³/mol. The number of nitrogens with zero attached hydrogens (tertiary/aromatic N) is 1. The molecule has 1 aromatic heterocycles. The minimum atomic E-state index is -2.67. The number of nitrogen functional groups attached to an aromatic ring is 1. The van der Waals surface area contributed by atoms with E-state index in [2.05, 4.69) is 4.98 Å². The fourth-order valence-corrected chi connectivity index (χ4v) is 1.25. The summed E-state index contributed by atoms with van der Waals surface area (Å²) in [7, 11) is 0. The highest BCUT2D eigenvalue weighted by Crippen LogP contribution is 2.28. The normalized spacial score (nSPS) is 10.8. The van der Waals surface area contributed by atoms with Crippen LogP contribution in [0.15, 0.2) is 6.20 Å². The van der Waals surface area contributed by atoms with E-state index in [9.17, 15) is 13.2 Å². The van der Waals surface area contributed by atoms with Crippen molar-refractivity contribution in [3.8, 4) is 0 Å². The third-order valence-electron chi connectivity index (χ3n) is 1.26. The summed E-state index contributed by atoms with van der Waals surface area (Å²) in [6.07, 6.45) is -1.88. The number of hydrogen-bond donors (Lipinski definition) is 1. The summed E-state index contributed by atoms with van der Waals surface area (Å²) < 4.78 is 36.8. The molecule has 6 heteroatoms. The smallest absolute Gasteiger partial charge is 0.266 e. The number of hydrogen-bond acceptors (Lipinski definition) is 2. The second kappa shape index (κ2) is 3.46. The lowest BCUT2D eigenvalue weighted by molar-refractivity contribution is 0.150. The Morgan fingerprint density at radius 3 is 2.58 bits per heavy atom. The Morgan fingerprint density at radius 1 is 1.50 bits per heavy atom. The molecular formula is C6H4F3IN2. The molecule has 0 saturated carbocycles. The van der Waals surface area contributed by atoms with Gasteiger partial charge in [0.1, 0.15) is 5.69 Å². The molecule has 0 atom stereocenters. The van der Waals surface area contributed by atoms with Gasteiger partial charge in [-0.15, -0.1) is 0 Å². The summed E-state index contributed by atoms with van der Waals surface area (Å²) in [5.41, 5.74) is 4.48. The quantitative estimate of drug-likeness (QED) is 0.636. The standard InChI is InChI=1S/C6H4F3IN2/c7-5(8)2-1-12-6(9)4(11)3(2)10/h1,5H,11H2. The molecule has 0 bridgehead atoms. The van der Waals surface area contributed by atoms with Crippen LogP contribution < -0.4 is 5.73 Å². The first-order valence-electron chi connectivity index (χ1n) is 2.91. The third kappa shape index (κ3) is 1.62. The number of nitrogens with two attached hydrogens (primary N) is 1. The van der Waals surface area contributed by atoms with Crippen molar-refractivity contribution < 1.29 is 13.2 Å². The van der Waals surface area contributed by atoms with Crippen molar-refractivity contribution in [3.63, 3.8) is 0 Å². The van der Waals surface area contributed by atoms with E-state index < -0.39 is 12.4 Å². The van der Waals surface area contributed by atoms with Crippen LogP contribution in [0.1, 0.15) is 12.0 Å². The molecule has 0 saturated heterocycles. The van der Waals surface area contributed by atoms with E-state index in [1.807, 2.05) is 0 Å². The largest absolute Gasteiger partial charge is 0.394 e. The van der Waals surface area contributed by atoms with Crippen LogP contribution in [-0.2, 0) is 0 Å². The molecule has 0 radical (unpaired) electrons. The number of aromatic nitrogens is 1. The zero-order valence-corrected chi connectivity index (χ0v) is 7.85. The molecule has 0 aliphatic rings. The fourth-order valence-electron chi connectivity index (χ4n) is 0.651. The van der Waals surface area contributed by atoms with Gasteiger partial charge in [-0.25, -0.2) is 13.8 Å². The Labute approximate surface area is 80.1 Å². The maximum atomic E-state index is 12.5. The molecule has 0 fully saturated rings. The summed E-state index contributed by atoms with van der Waals surface area (Å²) in [6, 6.07) is 0. The summed E-state index contributed by atoms with van der Waals surface area (Å²) in [5.74, 6) is -0.913. The Hall–Kier alpha value is -0.530. The zero-order valence-electron chi connectivity index (χ0n) is 5.69. The van der Waals surface area contributed by atoms with Crippen LogP contribution in [0, 0.1) is 9.52 Å². The van der Waals surface area contributed by atoms with Crippen molar-refractivity contribution in [1.29, 1.82) is 0 Å². The minimum absolute atomic E-state index is 0.0232. The maximum absolute atomic E-state index is 12.5. The highest BCUT2D eigenvalue weighted by Gasteiger charge is 2.16.